The average Bonchev–Trinajstić information content (AvgIpc) is 2.53. The van der Waals surface area contributed by atoms with Gasteiger partial charge in [-0.1, -0.05) is 28.1 Å². The van der Waals surface area contributed by atoms with Crippen molar-refractivity contribution in [2.45, 2.75) is 12.1 Å². The van der Waals surface area contributed by atoms with Gasteiger partial charge in [0, 0.05) is 10.2 Å². The molecule has 0 aliphatic carbocycles. The highest BCUT2D eigenvalue weighted by atomic mass is 79.9. The SMILES string of the molecule is COc1ccc(N[C@H](c2ccc(Br)cc2)[C@@H](O)CO)cc1. The quantitative estimate of drug-likeness (QED) is 0.748. The Hall–Kier alpha value is -1.56. The molecule has 0 saturated carbocycles. The Balaban J connectivity index is 2.21. The van der Waals surface area contributed by atoms with E-state index in [1.807, 2.05) is 48.5 Å². The summed E-state index contributed by atoms with van der Waals surface area (Å²) in [5, 5.41) is 22.6. The first-order valence-electron chi connectivity index (χ1n) is 6.59. The number of methoxy groups -OCH3 is 1. The van der Waals surface area contributed by atoms with E-state index in [4.69, 9.17) is 4.74 Å². The molecule has 0 heterocycles. The van der Waals surface area contributed by atoms with E-state index in [2.05, 4.69) is 21.2 Å². The van der Waals surface area contributed by atoms with Crippen LogP contribution in [0.15, 0.2) is 53.0 Å². The zero-order chi connectivity index (χ0) is 15.2. The highest BCUT2D eigenvalue weighted by Crippen LogP contribution is 2.25. The molecular formula is C16H18BrNO3. The molecule has 2 aromatic carbocycles. The van der Waals surface area contributed by atoms with Gasteiger partial charge in [-0.15, -0.1) is 0 Å². The molecule has 21 heavy (non-hydrogen) atoms. The number of ether oxygens (including phenoxy) is 1. The van der Waals surface area contributed by atoms with Crippen molar-refractivity contribution in [3.63, 3.8) is 0 Å². The molecule has 3 N–H and O–H groups in total. The molecule has 2 atom stereocenters. The summed E-state index contributed by atoms with van der Waals surface area (Å²) in [6.45, 7) is -0.316. The third-order valence-corrected chi connectivity index (χ3v) is 3.74. The molecular weight excluding hydrogens is 334 g/mol. The number of hydrogen-bond donors (Lipinski definition) is 3. The van der Waals surface area contributed by atoms with Crippen molar-refractivity contribution in [2.24, 2.45) is 0 Å². The molecule has 0 spiro atoms. The number of aliphatic hydroxyl groups is 2. The number of halogens is 1. The highest BCUT2D eigenvalue weighted by Gasteiger charge is 2.20. The fourth-order valence-electron chi connectivity index (χ4n) is 2.04. The van der Waals surface area contributed by atoms with Crippen molar-refractivity contribution >= 4 is 21.6 Å². The van der Waals surface area contributed by atoms with Gasteiger partial charge in [-0.25, -0.2) is 0 Å². The Morgan fingerprint density at radius 2 is 1.71 bits per heavy atom. The Labute approximate surface area is 132 Å². The second-order valence-electron chi connectivity index (χ2n) is 4.65. The first kappa shape index (κ1) is 15.8. The molecule has 0 unspecified atom stereocenters. The molecule has 2 aromatic rings. The van der Waals surface area contributed by atoms with Crippen LogP contribution in [0.2, 0.25) is 0 Å². The Morgan fingerprint density at radius 1 is 1.10 bits per heavy atom. The summed E-state index contributed by atoms with van der Waals surface area (Å²) in [5.74, 6) is 0.767. The van der Waals surface area contributed by atoms with Gasteiger partial charge in [0.25, 0.3) is 0 Å². The van der Waals surface area contributed by atoms with Crippen LogP contribution < -0.4 is 10.1 Å². The lowest BCUT2D eigenvalue weighted by Gasteiger charge is -2.24. The minimum Gasteiger partial charge on any atom is -0.497 e. The standard InChI is InChI=1S/C16H18BrNO3/c1-21-14-8-6-13(7-9-14)18-16(15(20)10-19)11-2-4-12(17)5-3-11/h2-9,15-16,18-20H,10H2,1H3/t15-,16+/m0/s1. The molecule has 5 heteroatoms. The molecule has 0 saturated heterocycles. The minimum absolute atomic E-state index is 0.316. The van der Waals surface area contributed by atoms with E-state index >= 15 is 0 Å². The Morgan fingerprint density at radius 3 is 2.24 bits per heavy atom. The van der Waals surface area contributed by atoms with E-state index in [1.54, 1.807) is 7.11 Å². The number of nitrogens with one attached hydrogen (secondary N) is 1. The van der Waals surface area contributed by atoms with Crippen LogP contribution in [-0.4, -0.2) is 30.0 Å². The van der Waals surface area contributed by atoms with E-state index in [-0.39, 0.29) is 6.61 Å². The molecule has 4 nitrogen and oxygen atoms in total. The number of aliphatic hydroxyl groups excluding tert-OH is 2. The van der Waals surface area contributed by atoms with Crippen molar-refractivity contribution < 1.29 is 14.9 Å². The number of benzene rings is 2. The fourth-order valence-corrected chi connectivity index (χ4v) is 2.31. The molecule has 0 aromatic heterocycles. The van der Waals surface area contributed by atoms with Gasteiger partial charge >= 0.3 is 0 Å². The summed E-state index contributed by atoms with van der Waals surface area (Å²) in [5.41, 5.74) is 1.74. The van der Waals surface area contributed by atoms with Gasteiger partial charge in [0.2, 0.25) is 0 Å². The summed E-state index contributed by atoms with van der Waals surface area (Å²) in [7, 11) is 1.61. The monoisotopic (exact) mass is 351 g/mol. The van der Waals surface area contributed by atoms with Gasteiger partial charge in [-0.2, -0.15) is 0 Å². The summed E-state index contributed by atoms with van der Waals surface area (Å²) in [6, 6.07) is 14.7. The number of hydrogen-bond acceptors (Lipinski definition) is 4. The lowest BCUT2D eigenvalue weighted by atomic mass is 10.0. The third-order valence-electron chi connectivity index (χ3n) is 3.21. The van der Waals surface area contributed by atoms with Crippen molar-refractivity contribution in [1.82, 2.24) is 0 Å². The van der Waals surface area contributed by atoms with E-state index in [1.165, 1.54) is 0 Å². The topological polar surface area (TPSA) is 61.7 Å². The predicted molar refractivity (Wildman–Crippen MR) is 86.6 cm³/mol. The zero-order valence-electron chi connectivity index (χ0n) is 11.7. The van der Waals surface area contributed by atoms with Crippen molar-refractivity contribution in [2.75, 3.05) is 19.0 Å². The van der Waals surface area contributed by atoms with Gasteiger partial charge < -0.3 is 20.3 Å². The maximum Gasteiger partial charge on any atom is 0.119 e. The van der Waals surface area contributed by atoms with Gasteiger partial charge in [0.05, 0.1) is 19.8 Å². The van der Waals surface area contributed by atoms with Gasteiger partial charge in [-0.3, -0.25) is 0 Å². The zero-order valence-corrected chi connectivity index (χ0v) is 13.2. The smallest absolute Gasteiger partial charge is 0.119 e. The van der Waals surface area contributed by atoms with Crippen LogP contribution in [0.1, 0.15) is 11.6 Å². The summed E-state index contributed by atoms with van der Waals surface area (Å²) in [6.07, 6.45) is -0.895. The second-order valence-corrected chi connectivity index (χ2v) is 5.57. The average molecular weight is 352 g/mol. The summed E-state index contributed by atoms with van der Waals surface area (Å²) >= 11 is 3.39. The summed E-state index contributed by atoms with van der Waals surface area (Å²) < 4.78 is 6.08. The number of rotatable bonds is 6. The molecule has 0 bridgehead atoms. The molecule has 0 amide bonds. The second kappa shape index (κ2) is 7.45. The predicted octanol–water partition coefficient (Wildman–Crippen LogP) is 2.96. The highest BCUT2D eigenvalue weighted by molar-refractivity contribution is 9.10. The Kier molecular flexibility index (Phi) is 5.61. The minimum atomic E-state index is -0.895. The van der Waals surface area contributed by atoms with Crippen molar-refractivity contribution in [3.8, 4) is 5.75 Å². The Bertz CT molecular complexity index is 557. The van der Waals surface area contributed by atoms with Crippen LogP contribution in [0.25, 0.3) is 0 Å². The fraction of sp³-hybridized carbons (Fsp3) is 0.250. The first-order valence-corrected chi connectivity index (χ1v) is 7.38. The van der Waals surface area contributed by atoms with E-state index in [0.29, 0.717) is 0 Å². The van der Waals surface area contributed by atoms with E-state index in [9.17, 15) is 10.2 Å². The van der Waals surface area contributed by atoms with Gasteiger partial charge in [0.15, 0.2) is 0 Å². The largest absolute Gasteiger partial charge is 0.497 e. The van der Waals surface area contributed by atoms with E-state index < -0.39 is 12.1 Å². The van der Waals surface area contributed by atoms with Crippen LogP contribution in [-0.2, 0) is 0 Å². The lowest BCUT2D eigenvalue weighted by Crippen LogP contribution is -2.28. The van der Waals surface area contributed by atoms with Crippen LogP contribution in [0.5, 0.6) is 5.75 Å². The maximum atomic E-state index is 10.1. The van der Waals surface area contributed by atoms with Crippen LogP contribution in [0.4, 0.5) is 5.69 Å². The van der Waals surface area contributed by atoms with Crippen molar-refractivity contribution in [1.29, 1.82) is 0 Å². The molecule has 0 radical (unpaired) electrons. The van der Waals surface area contributed by atoms with Crippen LogP contribution in [0, 0.1) is 0 Å². The summed E-state index contributed by atoms with van der Waals surface area (Å²) in [4.78, 5) is 0. The molecule has 0 aliphatic rings. The van der Waals surface area contributed by atoms with Gasteiger partial charge in [-0.05, 0) is 42.0 Å². The number of anilines is 1. The maximum absolute atomic E-state index is 10.1. The molecule has 0 aliphatic heterocycles. The first-order chi connectivity index (χ1) is 10.1. The van der Waals surface area contributed by atoms with Gasteiger partial charge in [0.1, 0.15) is 11.9 Å². The third kappa shape index (κ3) is 4.20. The lowest BCUT2D eigenvalue weighted by molar-refractivity contribution is 0.0795. The van der Waals surface area contributed by atoms with Crippen LogP contribution in [0.3, 0.4) is 0 Å². The van der Waals surface area contributed by atoms with E-state index in [0.717, 1.165) is 21.5 Å². The van der Waals surface area contributed by atoms with Crippen LogP contribution >= 0.6 is 15.9 Å². The molecule has 0 fully saturated rings. The van der Waals surface area contributed by atoms with Crippen molar-refractivity contribution in [3.05, 3.63) is 58.6 Å². The molecule has 2 rings (SSSR count). The molecule has 112 valence electrons. The normalized spacial score (nSPS) is 13.5.